The number of H-pyrrole nitrogens is 1. The third-order valence-electron chi connectivity index (χ3n) is 7.77. The van der Waals surface area contributed by atoms with E-state index in [2.05, 4.69) is 34.2 Å². The van der Waals surface area contributed by atoms with Crippen molar-refractivity contribution < 1.29 is 9.47 Å². The SMILES string of the molecule is Cc1cc(-c2cnn3c(-c4c(C)n[nH]c4C)cc(N4CC5CCC(C4)O5)nc23)n(C2CCCCO2)n1. The van der Waals surface area contributed by atoms with Gasteiger partial charge in [0.05, 0.1) is 46.7 Å². The van der Waals surface area contributed by atoms with Gasteiger partial charge in [-0.15, -0.1) is 0 Å². The Morgan fingerprint density at radius 1 is 1.00 bits per heavy atom. The number of nitrogens with zero attached hydrogens (tertiary/aromatic N) is 7. The molecule has 0 spiro atoms. The van der Waals surface area contributed by atoms with Gasteiger partial charge in [0.1, 0.15) is 5.82 Å². The molecule has 4 aromatic heterocycles. The Bertz CT molecular complexity index is 1400. The summed E-state index contributed by atoms with van der Waals surface area (Å²) in [6.45, 7) is 8.60. The number of hydrogen-bond donors (Lipinski definition) is 1. The molecule has 1 N–H and O–H groups in total. The van der Waals surface area contributed by atoms with Crippen molar-refractivity contribution in [2.75, 3.05) is 24.6 Å². The first-order chi connectivity index (χ1) is 17.5. The first-order valence-corrected chi connectivity index (χ1v) is 13.0. The number of aromatic amines is 1. The molecule has 3 aliphatic heterocycles. The monoisotopic (exact) mass is 488 g/mol. The number of morpholine rings is 1. The van der Waals surface area contributed by atoms with Crippen LogP contribution >= 0.6 is 0 Å². The Balaban J connectivity index is 1.42. The van der Waals surface area contributed by atoms with Crippen LogP contribution in [-0.2, 0) is 9.47 Å². The summed E-state index contributed by atoms with van der Waals surface area (Å²) >= 11 is 0. The number of ether oxygens (including phenoxy) is 2. The molecule has 3 saturated heterocycles. The van der Waals surface area contributed by atoms with E-state index in [9.17, 15) is 0 Å². The van der Waals surface area contributed by atoms with E-state index in [4.69, 9.17) is 24.7 Å². The lowest BCUT2D eigenvalue weighted by Crippen LogP contribution is -2.43. The molecule has 0 radical (unpaired) electrons. The molecule has 2 bridgehead atoms. The molecule has 10 heteroatoms. The summed E-state index contributed by atoms with van der Waals surface area (Å²) in [6.07, 6.45) is 7.85. The molecular formula is C26H32N8O2. The van der Waals surface area contributed by atoms with Crippen LogP contribution in [0.2, 0.25) is 0 Å². The van der Waals surface area contributed by atoms with Crippen molar-refractivity contribution in [3.8, 4) is 22.5 Å². The molecule has 10 nitrogen and oxygen atoms in total. The molecule has 0 aliphatic carbocycles. The van der Waals surface area contributed by atoms with Crippen molar-refractivity contribution in [3.63, 3.8) is 0 Å². The molecule has 3 atom stereocenters. The van der Waals surface area contributed by atoms with E-state index in [0.29, 0.717) is 0 Å². The Morgan fingerprint density at radius 2 is 1.83 bits per heavy atom. The van der Waals surface area contributed by atoms with E-state index in [1.54, 1.807) is 0 Å². The van der Waals surface area contributed by atoms with Gasteiger partial charge in [0, 0.05) is 37.0 Å². The van der Waals surface area contributed by atoms with Crippen LogP contribution in [0.4, 0.5) is 5.82 Å². The minimum atomic E-state index is -0.0618. The zero-order valence-electron chi connectivity index (χ0n) is 21.1. The van der Waals surface area contributed by atoms with Crippen molar-refractivity contribution >= 4 is 11.5 Å². The van der Waals surface area contributed by atoms with E-state index in [1.807, 2.05) is 29.2 Å². The Morgan fingerprint density at radius 3 is 2.56 bits per heavy atom. The first kappa shape index (κ1) is 22.0. The van der Waals surface area contributed by atoms with Crippen molar-refractivity contribution in [1.82, 2.24) is 34.6 Å². The quantitative estimate of drug-likeness (QED) is 0.464. The van der Waals surface area contributed by atoms with Gasteiger partial charge in [0.25, 0.3) is 0 Å². The fourth-order valence-electron chi connectivity index (χ4n) is 6.05. The van der Waals surface area contributed by atoms with Gasteiger partial charge in [-0.05, 0) is 58.9 Å². The normalized spacial score (nSPS) is 24.2. The van der Waals surface area contributed by atoms with Crippen LogP contribution in [0, 0.1) is 20.8 Å². The van der Waals surface area contributed by atoms with Crippen LogP contribution in [0.25, 0.3) is 28.2 Å². The maximum atomic E-state index is 6.11. The summed E-state index contributed by atoms with van der Waals surface area (Å²) in [5, 5.41) is 17.3. The highest BCUT2D eigenvalue weighted by Crippen LogP contribution is 2.36. The predicted octanol–water partition coefficient (Wildman–Crippen LogP) is 3.97. The molecule has 7 heterocycles. The van der Waals surface area contributed by atoms with Crippen molar-refractivity contribution in [2.24, 2.45) is 0 Å². The van der Waals surface area contributed by atoms with Gasteiger partial charge in [-0.3, -0.25) is 5.10 Å². The fourth-order valence-corrected chi connectivity index (χ4v) is 6.05. The maximum Gasteiger partial charge on any atom is 0.167 e. The van der Waals surface area contributed by atoms with E-state index >= 15 is 0 Å². The van der Waals surface area contributed by atoms with E-state index in [-0.39, 0.29) is 18.4 Å². The highest BCUT2D eigenvalue weighted by atomic mass is 16.5. The van der Waals surface area contributed by atoms with Crippen molar-refractivity contribution in [1.29, 1.82) is 0 Å². The highest BCUT2D eigenvalue weighted by Gasteiger charge is 2.35. The molecular weight excluding hydrogens is 456 g/mol. The lowest BCUT2D eigenvalue weighted by atomic mass is 10.1. The van der Waals surface area contributed by atoms with Crippen LogP contribution in [0.15, 0.2) is 18.3 Å². The van der Waals surface area contributed by atoms with Gasteiger partial charge in [0.15, 0.2) is 11.9 Å². The largest absolute Gasteiger partial charge is 0.371 e. The summed E-state index contributed by atoms with van der Waals surface area (Å²) in [5.41, 5.74) is 7.74. The molecule has 3 fully saturated rings. The standard InChI is InChI=1S/C26H32N8O2/c1-15-10-21(33(31-15)24-6-4-5-9-35-24)20-12-27-34-22(25-16(2)29-30-17(25)3)11-23(28-26(20)34)32-13-18-7-8-19(14-32)36-18/h10-12,18-19,24H,4-9,13-14H2,1-3H3,(H,29,30). The lowest BCUT2D eigenvalue weighted by molar-refractivity contribution is -0.0385. The molecule has 0 aromatic carbocycles. The summed E-state index contributed by atoms with van der Waals surface area (Å²) in [7, 11) is 0. The summed E-state index contributed by atoms with van der Waals surface area (Å²) in [5.74, 6) is 0.955. The summed E-state index contributed by atoms with van der Waals surface area (Å²) in [4.78, 5) is 7.59. The molecule has 3 unspecified atom stereocenters. The zero-order chi connectivity index (χ0) is 24.4. The second-order valence-corrected chi connectivity index (χ2v) is 10.4. The molecule has 4 aromatic rings. The van der Waals surface area contributed by atoms with E-state index in [1.165, 1.54) is 0 Å². The average Bonchev–Trinajstić information content (AvgIpc) is 3.65. The van der Waals surface area contributed by atoms with Gasteiger partial charge in [-0.1, -0.05) is 0 Å². The number of nitrogens with one attached hydrogen (secondary N) is 1. The minimum Gasteiger partial charge on any atom is -0.371 e. The van der Waals surface area contributed by atoms with Crippen LogP contribution in [0.1, 0.15) is 55.4 Å². The molecule has 3 aliphatic rings. The number of rotatable bonds is 4. The second kappa shape index (κ2) is 8.41. The molecule has 0 saturated carbocycles. The van der Waals surface area contributed by atoms with Gasteiger partial charge < -0.3 is 14.4 Å². The Labute approximate surface area is 209 Å². The number of hydrogen-bond acceptors (Lipinski definition) is 7. The van der Waals surface area contributed by atoms with Crippen LogP contribution in [0.3, 0.4) is 0 Å². The molecule has 188 valence electrons. The van der Waals surface area contributed by atoms with Gasteiger partial charge in [0.2, 0.25) is 0 Å². The maximum absolute atomic E-state index is 6.11. The number of fused-ring (bicyclic) bond motifs is 3. The van der Waals surface area contributed by atoms with E-state index in [0.717, 1.165) is 103 Å². The molecule has 0 amide bonds. The summed E-state index contributed by atoms with van der Waals surface area (Å²) < 4.78 is 16.2. The van der Waals surface area contributed by atoms with Crippen LogP contribution < -0.4 is 4.90 Å². The van der Waals surface area contributed by atoms with Gasteiger partial charge in [-0.2, -0.15) is 15.3 Å². The first-order valence-electron chi connectivity index (χ1n) is 13.0. The Hall–Kier alpha value is -3.24. The third kappa shape index (κ3) is 3.54. The predicted molar refractivity (Wildman–Crippen MR) is 135 cm³/mol. The topological polar surface area (TPSA) is 98.4 Å². The smallest absolute Gasteiger partial charge is 0.167 e. The Kier molecular flexibility index (Phi) is 5.14. The number of anilines is 1. The number of aromatic nitrogens is 7. The minimum absolute atomic E-state index is 0.0618. The second-order valence-electron chi connectivity index (χ2n) is 10.4. The fraction of sp³-hybridized carbons (Fsp3) is 0.538. The van der Waals surface area contributed by atoms with E-state index < -0.39 is 0 Å². The van der Waals surface area contributed by atoms with Crippen molar-refractivity contribution in [2.45, 2.75) is 71.3 Å². The summed E-state index contributed by atoms with van der Waals surface area (Å²) in [6, 6.07) is 4.28. The molecule has 7 rings (SSSR count). The van der Waals surface area contributed by atoms with Crippen LogP contribution in [0.5, 0.6) is 0 Å². The average molecular weight is 489 g/mol. The van der Waals surface area contributed by atoms with Gasteiger partial charge in [-0.25, -0.2) is 14.2 Å². The van der Waals surface area contributed by atoms with Gasteiger partial charge >= 0.3 is 0 Å². The highest BCUT2D eigenvalue weighted by molar-refractivity contribution is 5.80. The van der Waals surface area contributed by atoms with Crippen LogP contribution in [-0.4, -0.2) is 66.5 Å². The number of aryl methyl sites for hydroxylation is 3. The zero-order valence-corrected chi connectivity index (χ0v) is 21.1. The van der Waals surface area contributed by atoms with Crippen molar-refractivity contribution in [3.05, 3.63) is 35.4 Å². The molecule has 36 heavy (non-hydrogen) atoms. The third-order valence-corrected chi connectivity index (χ3v) is 7.77. The lowest BCUT2D eigenvalue weighted by Gasteiger charge is -2.33.